The number of aromatic amines is 1. The van der Waals surface area contributed by atoms with E-state index in [-0.39, 0.29) is 0 Å². The normalized spacial score (nSPS) is 10.5. The molecule has 0 aliphatic carbocycles. The van der Waals surface area contributed by atoms with E-state index in [1.54, 1.807) is 7.11 Å². The fourth-order valence-electron chi connectivity index (χ4n) is 2.07. The summed E-state index contributed by atoms with van der Waals surface area (Å²) >= 11 is 0. The first-order valence-electron chi connectivity index (χ1n) is 5.83. The Balaban J connectivity index is 2.03. The molecule has 0 unspecified atom stereocenters. The van der Waals surface area contributed by atoms with E-state index in [4.69, 9.17) is 4.74 Å². The van der Waals surface area contributed by atoms with Crippen LogP contribution in [0.15, 0.2) is 61.1 Å². The Labute approximate surface area is 106 Å². The standard InChI is InChI=1S/C15H14N2O/c1-18-14-7-3-2-6-13(14)12-10-15(16-11-12)17-8-4-5-9-17/h2-11,16H,1H3. The average Bonchev–Trinajstić information content (AvgIpc) is 3.09. The van der Waals surface area contributed by atoms with Gasteiger partial charge in [-0.25, -0.2) is 0 Å². The molecule has 2 aromatic heterocycles. The Morgan fingerprint density at radius 2 is 1.83 bits per heavy atom. The topological polar surface area (TPSA) is 29.9 Å². The van der Waals surface area contributed by atoms with Crippen LogP contribution in [0.5, 0.6) is 5.75 Å². The van der Waals surface area contributed by atoms with Crippen LogP contribution < -0.4 is 4.74 Å². The molecule has 3 heteroatoms. The molecule has 1 N–H and O–H groups in total. The minimum Gasteiger partial charge on any atom is -0.496 e. The first-order chi connectivity index (χ1) is 8.88. The van der Waals surface area contributed by atoms with Crippen LogP contribution in [0.4, 0.5) is 0 Å². The van der Waals surface area contributed by atoms with Crippen molar-refractivity contribution in [2.45, 2.75) is 0 Å². The SMILES string of the molecule is COc1ccccc1-c1c[nH]c(-n2cccc2)c1. The van der Waals surface area contributed by atoms with E-state index in [0.717, 1.165) is 22.7 Å². The van der Waals surface area contributed by atoms with Gasteiger partial charge in [-0.2, -0.15) is 0 Å². The molecule has 90 valence electrons. The number of H-pyrrole nitrogens is 1. The minimum atomic E-state index is 0.885. The molecule has 3 rings (SSSR count). The van der Waals surface area contributed by atoms with Crippen molar-refractivity contribution in [1.29, 1.82) is 0 Å². The second-order valence-electron chi connectivity index (χ2n) is 4.06. The van der Waals surface area contributed by atoms with Gasteiger partial charge in [0.2, 0.25) is 0 Å². The van der Waals surface area contributed by atoms with Gasteiger partial charge in [-0.05, 0) is 24.3 Å². The minimum absolute atomic E-state index is 0.885. The summed E-state index contributed by atoms with van der Waals surface area (Å²) in [7, 11) is 1.69. The largest absolute Gasteiger partial charge is 0.496 e. The van der Waals surface area contributed by atoms with Crippen molar-refractivity contribution in [2.75, 3.05) is 7.11 Å². The maximum atomic E-state index is 5.38. The third-order valence-corrected chi connectivity index (χ3v) is 2.97. The lowest BCUT2D eigenvalue weighted by molar-refractivity contribution is 0.416. The Bertz CT molecular complexity index is 638. The number of rotatable bonds is 3. The Kier molecular flexibility index (Phi) is 2.65. The molecule has 1 aromatic carbocycles. The summed E-state index contributed by atoms with van der Waals surface area (Å²) in [5.74, 6) is 1.93. The van der Waals surface area contributed by atoms with Gasteiger partial charge in [-0.3, -0.25) is 0 Å². The van der Waals surface area contributed by atoms with Crippen molar-refractivity contribution in [1.82, 2.24) is 9.55 Å². The second-order valence-corrected chi connectivity index (χ2v) is 4.06. The fourth-order valence-corrected chi connectivity index (χ4v) is 2.07. The third-order valence-electron chi connectivity index (χ3n) is 2.97. The number of nitrogens with one attached hydrogen (secondary N) is 1. The first-order valence-corrected chi connectivity index (χ1v) is 5.83. The number of hydrogen-bond acceptors (Lipinski definition) is 1. The van der Waals surface area contributed by atoms with Gasteiger partial charge in [-0.1, -0.05) is 18.2 Å². The number of aromatic nitrogens is 2. The first kappa shape index (κ1) is 10.7. The number of nitrogens with zero attached hydrogens (tertiary/aromatic N) is 1. The molecule has 3 aromatic rings. The zero-order chi connectivity index (χ0) is 12.4. The van der Waals surface area contributed by atoms with E-state index in [1.807, 2.05) is 53.5 Å². The molecule has 0 aliphatic heterocycles. The molecule has 0 radical (unpaired) electrons. The highest BCUT2D eigenvalue weighted by Crippen LogP contribution is 2.30. The molecule has 0 atom stereocenters. The van der Waals surface area contributed by atoms with Crippen LogP contribution in [0.2, 0.25) is 0 Å². The molecule has 0 bridgehead atoms. The van der Waals surface area contributed by atoms with Crippen LogP contribution in [0.1, 0.15) is 0 Å². The highest BCUT2D eigenvalue weighted by atomic mass is 16.5. The van der Waals surface area contributed by atoms with Crippen LogP contribution in [0.3, 0.4) is 0 Å². The van der Waals surface area contributed by atoms with E-state index in [2.05, 4.69) is 17.1 Å². The van der Waals surface area contributed by atoms with Crippen LogP contribution in [0.25, 0.3) is 16.9 Å². The monoisotopic (exact) mass is 238 g/mol. The van der Waals surface area contributed by atoms with Gasteiger partial charge in [0, 0.05) is 29.7 Å². The summed E-state index contributed by atoms with van der Waals surface area (Å²) in [4.78, 5) is 3.27. The Hall–Kier alpha value is -2.42. The van der Waals surface area contributed by atoms with Gasteiger partial charge in [0.15, 0.2) is 0 Å². The molecule has 18 heavy (non-hydrogen) atoms. The summed E-state index contributed by atoms with van der Waals surface area (Å²) in [6.07, 6.45) is 6.02. The predicted molar refractivity (Wildman–Crippen MR) is 72.1 cm³/mol. The Morgan fingerprint density at radius 1 is 1.06 bits per heavy atom. The van der Waals surface area contributed by atoms with E-state index >= 15 is 0 Å². The van der Waals surface area contributed by atoms with Crippen LogP contribution >= 0.6 is 0 Å². The quantitative estimate of drug-likeness (QED) is 0.743. The van der Waals surface area contributed by atoms with Crippen molar-refractivity contribution in [3.63, 3.8) is 0 Å². The van der Waals surface area contributed by atoms with Gasteiger partial charge >= 0.3 is 0 Å². The van der Waals surface area contributed by atoms with Crippen molar-refractivity contribution < 1.29 is 4.74 Å². The fraction of sp³-hybridized carbons (Fsp3) is 0.0667. The highest BCUT2D eigenvalue weighted by molar-refractivity contribution is 5.71. The molecule has 0 saturated heterocycles. The zero-order valence-electron chi connectivity index (χ0n) is 10.1. The van der Waals surface area contributed by atoms with E-state index in [9.17, 15) is 0 Å². The summed E-state index contributed by atoms with van der Waals surface area (Å²) in [6.45, 7) is 0. The van der Waals surface area contributed by atoms with Gasteiger partial charge < -0.3 is 14.3 Å². The van der Waals surface area contributed by atoms with E-state index in [0.29, 0.717) is 0 Å². The van der Waals surface area contributed by atoms with Crippen molar-refractivity contribution in [3.05, 3.63) is 61.1 Å². The smallest absolute Gasteiger partial charge is 0.126 e. The number of para-hydroxylation sites is 1. The van der Waals surface area contributed by atoms with Crippen molar-refractivity contribution >= 4 is 0 Å². The molecule has 0 amide bonds. The van der Waals surface area contributed by atoms with Gasteiger partial charge in [0.1, 0.15) is 11.6 Å². The molecular formula is C15H14N2O. The lowest BCUT2D eigenvalue weighted by Crippen LogP contribution is -1.88. The molecule has 0 saturated carbocycles. The summed E-state index contributed by atoms with van der Waals surface area (Å²) in [5.41, 5.74) is 2.21. The molecule has 0 spiro atoms. The maximum Gasteiger partial charge on any atom is 0.126 e. The summed E-state index contributed by atoms with van der Waals surface area (Å²) < 4.78 is 7.42. The lowest BCUT2D eigenvalue weighted by atomic mass is 10.1. The van der Waals surface area contributed by atoms with E-state index < -0.39 is 0 Å². The van der Waals surface area contributed by atoms with Gasteiger partial charge in [0.05, 0.1) is 7.11 Å². The van der Waals surface area contributed by atoms with Gasteiger partial charge in [-0.15, -0.1) is 0 Å². The number of benzene rings is 1. The van der Waals surface area contributed by atoms with E-state index in [1.165, 1.54) is 0 Å². The second kappa shape index (κ2) is 4.45. The molecule has 2 heterocycles. The molecular weight excluding hydrogens is 224 g/mol. The number of hydrogen-bond donors (Lipinski definition) is 1. The Morgan fingerprint density at radius 3 is 2.61 bits per heavy atom. The number of ether oxygens (including phenoxy) is 1. The molecule has 3 nitrogen and oxygen atoms in total. The molecule has 0 aliphatic rings. The number of methoxy groups -OCH3 is 1. The third kappa shape index (κ3) is 1.80. The van der Waals surface area contributed by atoms with Crippen LogP contribution in [-0.4, -0.2) is 16.7 Å². The van der Waals surface area contributed by atoms with Crippen molar-refractivity contribution in [3.8, 4) is 22.7 Å². The summed E-state index contributed by atoms with van der Waals surface area (Å²) in [6, 6.07) is 14.1. The van der Waals surface area contributed by atoms with Gasteiger partial charge in [0.25, 0.3) is 0 Å². The van der Waals surface area contributed by atoms with Crippen LogP contribution in [-0.2, 0) is 0 Å². The van der Waals surface area contributed by atoms with Crippen LogP contribution in [0, 0.1) is 0 Å². The maximum absolute atomic E-state index is 5.38. The lowest BCUT2D eigenvalue weighted by Gasteiger charge is -2.05. The summed E-state index contributed by atoms with van der Waals surface area (Å²) in [5, 5.41) is 0. The molecule has 0 fully saturated rings. The highest BCUT2D eigenvalue weighted by Gasteiger charge is 2.07. The predicted octanol–water partition coefficient (Wildman–Crippen LogP) is 3.48. The average molecular weight is 238 g/mol. The zero-order valence-corrected chi connectivity index (χ0v) is 10.1. The van der Waals surface area contributed by atoms with Crippen molar-refractivity contribution in [2.24, 2.45) is 0 Å².